The van der Waals surface area contributed by atoms with Crippen molar-refractivity contribution in [3.8, 4) is 0 Å². The van der Waals surface area contributed by atoms with Gasteiger partial charge in [0.15, 0.2) is 0 Å². The summed E-state index contributed by atoms with van der Waals surface area (Å²) in [5.41, 5.74) is 1.18. The quantitative estimate of drug-likeness (QED) is 0.572. The molecule has 1 unspecified atom stereocenters. The second-order valence-electron chi connectivity index (χ2n) is 7.24. The molecule has 1 aliphatic heterocycles. The van der Waals surface area contributed by atoms with Gasteiger partial charge in [-0.15, -0.1) is 10.2 Å². The van der Waals surface area contributed by atoms with Gasteiger partial charge in [0, 0.05) is 19.0 Å². The molecular weight excluding hydrogens is 408 g/mol. The van der Waals surface area contributed by atoms with Crippen LogP contribution in [0.5, 0.6) is 0 Å². The predicted molar refractivity (Wildman–Crippen MR) is 112 cm³/mol. The summed E-state index contributed by atoms with van der Waals surface area (Å²) in [6.07, 6.45) is 4.81. The average Bonchev–Trinajstić information content (AvgIpc) is 3.37. The molecule has 1 atom stereocenters. The number of hydrogen-bond donors (Lipinski definition) is 0. The van der Waals surface area contributed by atoms with Crippen LogP contribution in [0, 0.1) is 0 Å². The summed E-state index contributed by atoms with van der Waals surface area (Å²) in [6.45, 7) is 1.23. The van der Waals surface area contributed by atoms with Gasteiger partial charge in [0.05, 0.1) is 11.6 Å². The predicted octanol–water partition coefficient (Wildman–Crippen LogP) is 3.77. The summed E-state index contributed by atoms with van der Waals surface area (Å²) in [4.78, 5) is 0.181. The maximum atomic E-state index is 13.1. The van der Waals surface area contributed by atoms with Crippen LogP contribution in [0.25, 0.3) is 0 Å². The van der Waals surface area contributed by atoms with E-state index in [-0.39, 0.29) is 16.0 Å². The fraction of sp³-hybridized carbons (Fsp3) is 0.333. The Labute approximate surface area is 176 Å². The number of rotatable bonds is 7. The van der Waals surface area contributed by atoms with E-state index in [4.69, 9.17) is 11.6 Å². The van der Waals surface area contributed by atoms with Gasteiger partial charge in [-0.1, -0.05) is 54.1 Å². The van der Waals surface area contributed by atoms with E-state index >= 15 is 0 Å². The standard InChI is InChI=1S/C21H23ClN4O2S/c22-19-10-4-5-11-20(19)29(27,28)26-14-6-9-18(26)12-13-21-24-23-16-25(21)15-17-7-2-1-3-8-17/h1-5,7-8,10-11,16,18H,6,9,12-15H2. The Balaban J connectivity index is 1.47. The van der Waals surface area contributed by atoms with Crippen LogP contribution in [0.2, 0.25) is 5.02 Å². The molecule has 29 heavy (non-hydrogen) atoms. The molecule has 0 bridgehead atoms. The van der Waals surface area contributed by atoms with E-state index in [2.05, 4.69) is 22.3 Å². The zero-order valence-corrected chi connectivity index (χ0v) is 17.6. The number of sulfonamides is 1. The molecule has 0 N–H and O–H groups in total. The van der Waals surface area contributed by atoms with Crippen molar-refractivity contribution in [3.05, 3.63) is 77.3 Å². The number of hydrogen-bond acceptors (Lipinski definition) is 4. The normalized spacial score (nSPS) is 17.6. The molecule has 2 aromatic carbocycles. The molecular formula is C21H23ClN4O2S. The minimum atomic E-state index is -3.61. The first-order chi connectivity index (χ1) is 14.1. The molecule has 0 spiro atoms. The molecule has 1 aliphatic rings. The Morgan fingerprint density at radius 1 is 1.07 bits per heavy atom. The third-order valence-electron chi connectivity index (χ3n) is 5.34. The molecule has 152 valence electrons. The lowest BCUT2D eigenvalue weighted by atomic mass is 10.1. The Morgan fingerprint density at radius 2 is 1.83 bits per heavy atom. The summed E-state index contributed by atoms with van der Waals surface area (Å²) in [5, 5.41) is 8.58. The fourth-order valence-corrected chi connectivity index (χ4v) is 6.09. The van der Waals surface area contributed by atoms with Gasteiger partial charge < -0.3 is 4.57 Å². The first-order valence-electron chi connectivity index (χ1n) is 9.72. The molecule has 1 aromatic heterocycles. The largest absolute Gasteiger partial charge is 0.313 e. The Morgan fingerprint density at radius 3 is 2.62 bits per heavy atom. The van der Waals surface area contributed by atoms with Gasteiger partial charge in [-0.2, -0.15) is 4.31 Å². The third-order valence-corrected chi connectivity index (χ3v) is 7.79. The van der Waals surface area contributed by atoms with Crippen LogP contribution >= 0.6 is 11.6 Å². The molecule has 2 heterocycles. The van der Waals surface area contributed by atoms with Crippen molar-refractivity contribution in [2.24, 2.45) is 0 Å². The molecule has 3 aromatic rings. The van der Waals surface area contributed by atoms with Gasteiger partial charge in [0.2, 0.25) is 10.0 Å². The Kier molecular flexibility index (Phi) is 5.99. The van der Waals surface area contributed by atoms with Crippen LogP contribution < -0.4 is 0 Å². The van der Waals surface area contributed by atoms with Crippen molar-refractivity contribution >= 4 is 21.6 Å². The smallest absolute Gasteiger partial charge is 0.244 e. The summed E-state index contributed by atoms with van der Waals surface area (Å²) in [5.74, 6) is 0.871. The Bertz CT molecular complexity index is 1070. The average molecular weight is 431 g/mol. The molecule has 1 saturated heterocycles. The molecule has 8 heteroatoms. The lowest BCUT2D eigenvalue weighted by Gasteiger charge is -2.24. The summed E-state index contributed by atoms with van der Waals surface area (Å²) >= 11 is 6.16. The topological polar surface area (TPSA) is 68.1 Å². The maximum Gasteiger partial charge on any atom is 0.244 e. The van der Waals surface area contributed by atoms with Gasteiger partial charge in [-0.05, 0) is 37.0 Å². The first-order valence-corrected chi connectivity index (χ1v) is 11.5. The van der Waals surface area contributed by atoms with Crippen LogP contribution in [0.1, 0.15) is 30.7 Å². The van der Waals surface area contributed by atoms with E-state index in [1.165, 1.54) is 5.56 Å². The SMILES string of the molecule is O=S(=O)(c1ccccc1Cl)N1CCCC1CCc1nncn1Cc1ccccc1. The second-order valence-corrected chi connectivity index (χ2v) is 9.51. The van der Waals surface area contributed by atoms with Crippen molar-refractivity contribution in [3.63, 3.8) is 0 Å². The van der Waals surface area contributed by atoms with Gasteiger partial charge in [0.25, 0.3) is 0 Å². The summed E-state index contributed by atoms with van der Waals surface area (Å²) in [7, 11) is -3.61. The van der Waals surface area contributed by atoms with Gasteiger partial charge in [0.1, 0.15) is 17.0 Å². The number of benzene rings is 2. The lowest BCUT2D eigenvalue weighted by Crippen LogP contribution is -2.36. The van der Waals surface area contributed by atoms with Crippen molar-refractivity contribution in [1.29, 1.82) is 0 Å². The number of aromatic nitrogens is 3. The van der Waals surface area contributed by atoms with Crippen LogP contribution in [0.3, 0.4) is 0 Å². The molecule has 1 fully saturated rings. The zero-order valence-electron chi connectivity index (χ0n) is 16.0. The maximum absolute atomic E-state index is 13.1. The van der Waals surface area contributed by atoms with E-state index in [1.807, 2.05) is 22.8 Å². The minimum Gasteiger partial charge on any atom is -0.313 e. The van der Waals surface area contributed by atoms with E-state index in [9.17, 15) is 8.42 Å². The van der Waals surface area contributed by atoms with Crippen LogP contribution in [-0.4, -0.2) is 40.1 Å². The molecule has 0 amide bonds. The summed E-state index contributed by atoms with van der Waals surface area (Å²) < 4.78 is 29.9. The van der Waals surface area contributed by atoms with Crippen LogP contribution in [0.15, 0.2) is 65.8 Å². The fourth-order valence-electron chi connectivity index (χ4n) is 3.87. The zero-order chi connectivity index (χ0) is 20.3. The van der Waals surface area contributed by atoms with E-state index in [0.717, 1.165) is 18.7 Å². The highest BCUT2D eigenvalue weighted by atomic mass is 35.5. The molecule has 0 saturated carbocycles. The van der Waals surface area contributed by atoms with Crippen molar-refractivity contribution in [2.75, 3.05) is 6.54 Å². The Hall–Kier alpha value is -2.22. The highest BCUT2D eigenvalue weighted by Crippen LogP contribution is 2.31. The first kappa shape index (κ1) is 20.1. The van der Waals surface area contributed by atoms with E-state index in [1.54, 1.807) is 34.9 Å². The molecule has 4 rings (SSSR count). The number of nitrogens with zero attached hydrogens (tertiary/aromatic N) is 4. The van der Waals surface area contributed by atoms with E-state index in [0.29, 0.717) is 25.9 Å². The number of aryl methyl sites for hydroxylation is 1. The van der Waals surface area contributed by atoms with Crippen molar-refractivity contribution in [1.82, 2.24) is 19.1 Å². The van der Waals surface area contributed by atoms with E-state index < -0.39 is 10.0 Å². The van der Waals surface area contributed by atoms with Crippen molar-refractivity contribution < 1.29 is 8.42 Å². The van der Waals surface area contributed by atoms with Gasteiger partial charge in [-0.3, -0.25) is 0 Å². The van der Waals surface area contributed by atoms with Crippen LogP contribution in [0.4, 0.5) is 0 Å². The summed E-state index contributed by atoms with van der Waals surface area (Å²) in [6, 6.07) is 16.7. The van der Waals surface area contributed by atoms with Crippen molar-refractivity contribution in [2.45, 2.75) is 43.2 Å². The highest BCUT2D eigenvalue weighted by Gasteiger charge is 2.36. The second kappa shape index (κ2) is 8.65. The number of halogens is 1. The third kappa shape index (κ3) is 4.37. The highest BCUT2D eigenvalue weighted by molar-refractivity contribution is 7.89. The minimum absolute atomic E-state index is 0.0573. The molecule has 0 radical (unpaired) electrons. The van der Waals surface area contributed by atoms with Crippen LogP contribution in [-0.2, 0) is 23.0 Å². The molecule has 6 nitrogen and oxygen atoms in total. The molecule has 0 aliphatic carbocycles. The lowest BCUT2D eigenvalue weighted by molar-refractivity contribution is 0.367. The van der Waals surface area contributed by atoms with Gasteiger partial charge in [-0.25, -0.2) is 8.42 Å². The van der Waals surface area contributed by atoms with Gasteiger partial charge >= 0.3 is 0 Å². The monoisotopic (exact) mass is 430 g/mol.